The summed E-state index contributed by atoms with van der Waals surface area (Å²) in [5.41, 5.74) is 5.39. The second kappa shape index (κ2) is 9.05. The van der Waals surface area contributed by atoms with Crippen LogP contribution in [0.3, 0.4) is 0 Å². The highest BCUT2D eigenvalue weighted by Crippen LogP contribution is 2.16. The zero-order chi connectivity index (χ0) is 11.6. The highest BCUT2D eigenvalue weighted by molar-refractivity contribution is 6.61. The normalized spacial score (nSPS) is 12.5. The van der Waals surface area contributed by atoms with E-state index in [9.17, 15) is 0 Å². The van der Waals surface area contributed by atoms with Crippen molar-refractivity contribution in [3.8, 4) is 0 Å². The first kappa shape index (κ1) is 14.8. The van der Waals surface area contributed by atoms with Crippen molar-refractivity contribution in [2.75, 3.05) is 26.4 Å². The molecule has 0 rings (SSSR count). The standard InChI is InChI=1S/C10H23NO3Si/c1-4-12-15(13-5-2,14-6-3)10-8-7-9-11/h7-8H,4-6,9-11H2,1-3H3. The van der Waals surface area contributed by atoms with Gasteiger partial charge in [0.2, 0.25) is 0 Å². The molecular weight excluding hydrogens is 210 g/mol. The number of hydrogen-bond acceptors (Lipinski definition) is 4. The molecule has 0 aliphatic carbocycles. The minimum Gasteiger partial charge on any atom is -0.374 e. The Hall–Kier alpha value is -0.203. The monoisotopic (exact) mass is 233 g/mol. The van der Waals surface area contributed by atoms with Gasteiger partial charge >= 0.3 is 8.80 Å². The molecule has 0 heterocycles. The lowest BCUT2D eigenvalue weighted by Gasteiger charge is -2.27. The van der Waals surface area contributed by atoms with Crippen LogP contribution in [0.25, 0.3) is 0 Å². The molecule has 0 radical (unpaired) electrons. The minimum absolute atomic E-state index is 0.537. The van der Waals surface area contributed by atoms with E-state index in [0.29, 0.717) is 32.4 Å². The quantitative estimate of drug-likeness (QED) is 0.485. The fraction of sp³-hybridized carbons (Fsp3) is 0.800. The van der Waals surface area contributed by atoms with E-state index in [1.54, 1.807) is 0 Å². The summed E-state index contributed by atoms with van der Waals surface area (Å²) in [5, 5.41) is 0. The van der Waals surface area contributed by atoms with E-state index in [2.05, 4.69) is 0 Å². The van der Waals surface area contributed by atoms with Crippen molar-refractivity contribution < 1.29 is 13.3 Å². The third kappa shape index (κ3) is 6.06. The van der Waals surface area contributed by atoms with Gasteiger partial charge in [-0.15, -0.1) is 0 Å². The van der Waals surface area contributed by atoms with Gasteiger partial charge in [-0.05, 0) is 20.8 Å². The van der Waals surface area contributed by atoms with Crippen LogP contribution < -0.4 is 5.73 Å². The second-order valence-corrected chi connectivity index (χ2v) is 5.53. The summed E-state index contributed by atoms with van der Waals surface area (Å²) in [6, 6.07) is 0.694. The van der Waals surface area contributed by atoms with Crippen LogP contribution in [-0.2, 0) is 13.3 Å². The first-order valence-corrected chi connectivity index (χ1v) is 7.44. The molecule has 2 N–H and O–H groups in total. The van der Waals surface area contributed by atoms with Gasteiger partial charge in [-0.2, -0.15) is 0 Å². The highest BCUT2D eigenvalue weighted by atomic mass is 28.4. The van der Waals surface area contributed by atoms with E-state index < -0.39 is 8.80 Å². The maximum atomic E-state index is 5.66. The van der Waals surface area contributed by atoms with Crippen LogP contribution in [0.4, 0.5) is 0 Å². The molecule has 5 heteroatoms. The van der Waals surface area contributed by atoms with Crippen LogP contribution in [0, 0.1) is 0 Å². The maximum absolute atomic E-state index is 5.66. The van der Waals surface area contributed by atoms with E-state index in [4.69, 9.17) is 19.0 Å². The van der Waals surface area contributed by atoms with Gasteiger partial charge < -0.3 is 19.0 Å². The molecule has 0 spiro atoms. The predicted molar refractivity (Wildman–Crippen MR) is 63.6 cm³/mol. The number of allylic oxidation sites excluding steroid dienone is 1. The summed E-state index contributed by atoms with van der Waals surface area (Å²) in [5.74, 6) is 0. The first-order chi connectivity index (χ1) is 7.24. The largest absolute Gasteiger partial charge is 0.504 e. The SMILES string of the molecule is CCO[Si](CC=CCN)(OCC)OCC. The lowest BCUT2D eigenvalue weighted by atomic mass is 10.5. The Labute approximate surface area is 93.8 Å². The third-order valence-corrected chi connectivity index (χ3v) is 4.68. The van der Waals surface area contributed by atoms with Crippen molar-refractivity contribution >= 4 is 8.80 Å². The predicted octanol–water partition coefficient (Wildman–Crippen LogP) is 1.55. The molecule has 0 aliphatic rings. The second-order valence-electron chi connectivity index (χ2n) is 2.89. The first-order valence-electron chi connectivity index (χ1n) is 5.51. The van der Waals surface area contributed by atoms with Crippen LogP contribution in [-0.4, -0.2) is 35.2 Å². The van der Waals surface area contributed by atoms with Gasteiger partial charge in [-0.3, -0.25) is 0 Å². The number of rotatable bonds is 9. The average Bonchev–Trinajstić information content (AvgIpc) is 2.19. The summed E-state index contributed by atoms with van der Waals surface area (Å²) < 4.78 is 17.0. The van der Waals surface area contributed by atoms with Gasteiger partial charge in [-0.25, -0.2) is 0 Å². The molecule has 0 unspecified atom stereocenters. The van der Waals surface area contributed by atoms with Gasteiger partial charge in [0.05, 0.1) is 0 Å². The summed E-state index contributed by atoms with van der Waals surface area (Å²) in [6.45, 7) is 8.23. The summed E-state index contributed by atoms with van der Waals surface area (Å²) in [4.78, 5) is 0. The third-order valence-electron chi connectivity index (χ3n) is 1.76. The van der Waals surface area contributed by atoms with Crippen molar-refractivity contribution in [3.63, 3.8) is 0 Å². The van der Waals surface area contributed by atoms with Gasteiger partial charge in [0, 0.05) is 32.4 Å². The summed E-state index contributed by atoms with van der Waals surface area (Å²) in [7, 11) is -2.48. The Morgan fingerprint density at radius 1 is 0.933 bits per heavy atom. The molecule has 4 nitrogen and oxygen atoms in total. The fourth-order valence-electron chi connectivity index (χ4n) is 1.29. The van der Waals surface area contributed by atoms with Crippen LogP contribution in [0.1, 0.15) is 20.8 Å². The Kier molecular flexibility index (Phi) is 8.93. The molecule has 0 amide bonds. The van der Waals surface area contributed by atoms with Gasteiger partial charge in [0.15, 0.2) is 0 Å². The van der Waals surface area contributed by atoms with E-state index in [0.717, 1.165) is 0 Å². The number of nitrogens with two attached hydrogens (primary N) is 1. The van der Waals surface area contributed by atoms with E-state index >= 15 is 0 Å². The summed E-state index contributed by atoms with van der Waals surface area (Å²) in [6.07, 6.45) is 3.88. The Morgan fingerprint density at radius 3 is 1.73 bits per heavy atom. The molecule has 0 atom stereocenters. The lowest BCUT2D eigenvalue weighted by molar-refractivity contribution is 0.0742. The van der Waals surface area contributed by atoms with Crippen molar-refractivity contribution in [1.29, 1.82) is 0 Å². The van der Waals surface area contributed by atoms with E-state index in [1.165, 1.54) is 0 Å². The Bertz CT molecular complexity index is 159. The van der Waals surface area contributed by atoms with Gasteiger partial charge in [0.25, 0.3) is 0 Å². The number of hydrogen-bond donors (Lipinski definition) is 1. The molecule has 0 aromatic heterocycles. The molecule has 0 bridgehead atoms. The van der Waals surface area contributed by atoms with Crippen LogP contribution in [0.5, 0.6) is 0 Å². The molecule has 0 aromatic carbocycles. The van der Waals surface area contributed by atoms with E-state index in [-0.39, 0.29) is 0 Å². The van der Waals surface area contributed by atoms with Gasteiger partial charge in [-0.1, -0.05) is 12.2 Å². The fourth-order valence-corrected chi connectivity index (χ4v) is 3.66. The molecule has 0 saturated heterocycles. The average molecular weight is 233 g/mol. The maximum Gasteiger partial charge on any atom is 0.504 e. The smallest absolute Gasteiger partial charge is 0.374 e. The molecule has 15 heavy (non-hydrogen) atoms. The lowest BCUT2D eigenvalue weighted by Crippen LogP contribution is -2.45. The van der Waals surface area contributed by atoms with Crippen molar-refractivity contribution in [1.82, 2.24) is 0 Å². The van der Waals surface area contributed by atoms with Crippen LogP contribution in [0.15, 0.2) is 12.2 Å². The van der Waals surface area contributed by atoms with Crippen molar-refractivity contribution in [3.05, 3.63) is 12.2 Å². The van der Waals surface area contributed by atoms with Gasteiger partial charge in [0.1, 0.15) is 0 Å². The zero-order valence-corrected chi connectivity index (χ0v) is 11.0. The molecular formula is C10H23NO3Si. The molecule has 0 fully saturated rings. The van der Waals surface area contributed by atoms with Crippen LogP contribution >= 0.6 is 0 Å². The zero-order valence-electron chi connectivity index (χ0n) is 9.99. The highest BCUT2D eigenvalue weighted by Gasteiger charge is 2.38. The Morgan fingerprint density at radius 2 is 1.40 bits per heavy atom. The summed E-state index contributed by atoms with van der Waals surface area (Å²) >= 11 is 0. The molecule has 0 aromatic rings. The van der Waals surface area contributed by atoms with Crippen molar-refractivity contribution in [2.24, 2.45) is 5.73 Å². The topological polar surface area (TPSA) is 53.7 Å². The minimum atomic E-state index is -2.48. The molecule has 0 saturated carbocycles. The Balaban J connectivity index is 4.37. The molecule has 90 valence electrons. The van der Waals surface area contributed by atoms with Crippen LogP contribution in [0.2, 0.25) is 6.04 Å². The van der Waals surface area contributed by atoms with E-state index in [1.807, 2.05) is 32.9 Å². The van der Waals surface area contributed by atoms with Crippen molar-refractivity contribution in [2.45, 2.75) is 26.8 Å². The molecule has 0 aliphatic heterocycles.